The van der Waals surface area contributed by atoms with Gasteiger partial charge in [-0.25, -0.2) is 0 Å². The monoisotopic (exact) mass is 234 g/mol. The van der Waals surface area contributed by atoms with Gasteiger partial charge in [0, 0.05) is 6.42 Å². The van der Waals surface area contributed by atoms with Gasteiger partial charge in [0.05, 0.1) is 0 Å². The van der Waals surface area contributed by atoms with Gasteiger partial charge in [0.15, 0.2) is 0 Å². The Morgan fingerprint density at radius 1 is 1.12 bits per heavy atom. The first-order valence-electron chi connectivity index (χ1n) is 6.52. The third-order valence-corrected chi connectivity index (χ3v) is 2.92. The fourth-order valence-corrected chi connectivity index (χ4v) is 1.93. The predicted octanol–water partition coefficient (Wildman–Crippen LogP) is 3.83. The average molecular weight is 234 g/mol. The Balaban J connectivity index is 2.34. The molecular formula is C15H22O2. The highest BCUT2D eigenvalue weighted by Gasteiger charge is 1.99. The van der Waals surface area contributed by atoms with E-state index in [1.54, 1.807) is 0 Å². The first-order chi connectivity index (χ1) is 8.22. The topological polar surface area (TPSA) is 37.3 Å². The van der Waals surface area contributed by atoms with Crippen molar-refractivity contribution in [1.29, 1.82) is 0 Å². The minimum absolute atomic E-state index is 0.287. The number of aliphatic carboxylic acids is 1. The summed E-state index contributed by atoms with van der Waals surface area (Å²) in [6, 6.07) is 8.68. The molecule has 94 valence electrons. The van der Waals surface area contributed by atoms with E-state index in [0.717, 1.165) is 25.7 Å². The van der Waals surface area contributed by atoms with Gasteiger partial charge in [-0.2, -0.15) is 0 Å². The quantitative estimate of drug-likeness (QED) is 0.694. The predicted molar refractivity (Wildman–Crippen MR) is 70.2 cm³/mol. The second kappa shape index (κ2) is 7.88. The lowest BCUT2D eigenvalue weighted by Gasteiger charge is -2.04. The number of carbonyl (C=O) groups is 1. The zero-order chi connectivity index (χ0) is 12.5. The lowest BCUT2D eigenvalue weighted by atomic mass is 10.0. The van der Waals surface area contributed by atoms with Gasteiger partial charge >= 0.3 is 5.97 Å². The summed E-state index contributed by atoms with van der Waals surface area (Å²) in [7, 11) is 0. The van der Waals surface area contributed by atoms with Crippen molar-refractivity contribution < 1.29 is 9.90 Å². The van der Waals surface area contributed by atoms with Crippen LogP contribution in [0.25, 0.3) is 0 Å². The number of rotatable bonds is 8. The van der Waals surface area contributed by atoms with Crippen LogP contribution in [0, 0.1) is 0 Å². The van der Waals surface area contributed by atoms with E-state index >= 15 is 0 Å². The molecule has 0 saturated carbocycles. The highest BCUT2D eigenvalue weighted by Crippen LogP contribution is 2.11. The molecule has 1 aromatic carbocycles. The summed E-state index contributed by atoms with van der Waals surface area (Å²) in [4.78, 5) is 10.4. The van der Waals surface area contributed by atoms with Gasteiger partial charge in [-0.15, -0.1) is 0 Å². The molecule has 2 nitrogen and oxygen atoms in total. The summed E-state index contributed by atoms with van der Waals surface area (Å²) in [5, 5.41) is 8.55. The van der Waals surface area contributed by atoms with Crippen molar-refractivity contribution in [2.24, 2.45) is 0 Å². The zero-order valence-corrected chi connectivity index (χ0v) is 10.6. The Labute approximate surface area is 104 Å². The standard InChI is InChI=1S/C15H22O2/c1-2-3-7-13-9-6-10-14(12-13)8-4-5-11-15(16)17/h6,9-10,12H,2-5,7-8,11H2,1H3,(H,16,17). The van der Waals surface area contributed by atoms with E-state index in [-0.39, 0.29) is 6.42 Å². The van der Waals surface area contributed by atoms with E-state index in [4.69, 9.17) is 5.11 Å². The molecule has 1 N–H and O–H groups in total. The maximum absolute atomic E-state index is 10.4. The third-order valence-electron chi connectivity index (χ3n) is 2.92. The van der Waals surface area contributed by atoms with Crippen molar-refractivity contribution in [2.45, 2.75) is 51.9 Å². The zero-order valence-electron chi connectivity index (χ0n) is 10.6. The molecule has 17 heavy (non-hydrogen) atoms. The van der Waals surface area contributed by atoms with E-state index in [9.17, 15) is 4.79 Å². The number of hydrogen-bond acceptors (Lipinski definition) is 1. The van der Waals surface area contributed by atoms with E-state index in [2.05, 4.69) is 31.2 Å². The molecule has 0 bridgehead atoms. The average Bonchev–Trinajstić information content (AvgIpc) is 2.32. The van der Waals surface area contributed by atoms with E-state index < -0.39 is 5.97 Å². The molecule has 0 saturated heterocycles. The molecule has 0 heterocycles. The van der Waals surface area contributed by atoms with Crippen LogP contribution in [0.15, 0.2) is 24.3 Å². The van der Waals surface area contributed by atoms with Gasteiger partial charge in [0.2, 0.25) is 0 Å². The lowest BCUT2D eigenvalue weighted by Crippen LogP contribution is -1.95. The van der Waals surface area contributed by atoms with Crippen LogP contribution < -0.4 is 0 Å². The van der Waals surface area contributed by atoms with Crippen LogP contribution in [0.4, 0.5) is 0 Å². The normalized spacial score (nSPS) is 10.4. The summed E-state index contributed by atoms with van der Waals surface area (Å²) in [6.07, 6.45) is 6.63. The van der Waals surface area contributed by atoms with Crippen LogP contribution in [-0.2, 0) is 17.6 Å². The molecule has 0 aromatic heterocycles. The van der Waals surface area contributed by atoms with Gasteiger partial charge in [0.1, 0.15) is 0 Å². The highest BCUT2D eigenvalue weighted by molar-refractivity contribution is 5.66. The Kier molecular flexibility index (Phi) is 6.38. The van der Waals surface area contributed by atoms with Crippen LogP contribution >= 0.6 is 0 Å². The fourth-order valence-electron chi connectivity index (χ4n) is 1.93. The van der Waals surface area contributed by atoms with Crippen molar-refractivity contribution in [2.75, 3.05) is 0 Å². The SMILES string of the molecule is CCCCc1cccc(CCCCC(=O)O)c1. The van der Waals surface area contributed by atoms with E-state index in [1.807, 2.05) is 0 Å². The van der Waals surface area contributed by atoms with Gasteiger partial charge in [-0.3, -0.25) is 4.79 Å². The van der Waals surface area contributed by atoms with Crippen LogP contribution in [0.1, 0.15) is 50.2 Å². The van der Waals surface area contributed by atoms with Crippen molar-refractivity contribution in [3.63, 3.8) is 0 Å². The van der Waals surface area contributed by atoms with Crippen LogP contribution in [0.2, 0.25) is 0 Å². The molecule has 0 aliphatic heterocycles. The Bertz CT molecular complexity index is 345. The van der Waals surface area contributed by atoms with Crippen LogP contribution in [0.5, 0.6) is 0 Å². The largest absolute Gasteiger partial charge is 0.481 e. The minimum Gasteiger partial charge on any atom is -0.481 e. The second-order valence-electron chi connectivity index (χ2n) is 4.52. The van der Waals surface area contributed by atoms with Gasteiger partial charge < -0.3 is 5.11 Å². The fraction of sp³-hybridized carbons (Fsp3) is 0.533. The summed E-state index contributed by atoms with van der Waals surface area (Å²) in [6.45, 7) is 2.20. The lowest BCUT2D eigenvalue weighted by molar-refractivity contribution is -0.137. The van der Waals surface area contributed by atoms with Crippen molar-refractivity contribution in [1.82, 2.24) is 0 Å². The first-order valence-corrected chi connectivity index (χ1v) is 6.52. The highest BCUT2D eigenvalue weighted by atomic mass is 16.4. The van der Waals surface area contributed by atoms with Gasteiger partial charge in [0.25, 0.3) is 0 Å². The minimum atomic E-state index is -0.693. The number of carboxylic acid groups (broad SMARTS) is 1. The molecule has 0 radical (unpaired) electrons. The molecule has 1 rings (SSSR count). The van der Waals surface area contributed by atoms with Crippen LogP contribution in [-0.4, -0.2) is 11.1 Å². The number of benzene rings is 1. The summed E-state index contributed by atoms with van der Waals surface area (Å²) < 4.78 is 0. The molecule has 0 aliphatic rings. The molecule has 0 aliphatic carbocycles. The molecule has 0 unspecified atom stereocenters. The number of hydrogen-bond donors (Lipinski definition) is 1. The molecule has 0 atom stereocenters. The van der Waals surface area contributed by atoms with E-state index in [1.165, 1.54) is 24.0 Å². The molecular weight excluding hydrogens is 212 g/mol. The summed E-state index contributed by atoms with van der Waals surface area (Å²) >= 11 is 0. The van der Waals surface area contributed by atoms with Gasteiger partial charge in [-0.1, -0.05) is 37.6 Å². The van der Waals surface area contributed by atoms with Crippen molar-refractivity contribution >= 4 is 5.97 Å². The Morgan fingerprint density at radius 3 is 2.35 bits per heavy atom. The summed E-state index contributed by atoms with van der Waals surface area (Å²) in [5.74, 6) is -0.693. The number of aryl methyl sites for hydroxylation is 2. The van der Waals surface area contributed by atoms with Crippen molar-refractivity contribution in [3.05, 3.63) is 35.4 Å². The molecule has 1 aromatic rings. The second-order valence-corrected chi connectivity index (χ2v) is 4.52. The molecule has 2 heteroatoms. The maximum Gasteiger partial charge on any atom is 0.303 e. The number of carboxylic acids is 1. The Morgan fingerprint density at radius 2 is 1.76 bits per heavy atom. The Hall–Kier alpha value is -1.31. The smallest absolute Gasteiger partial charge is 0.303 e. The molecule has 0 fully saturated rings. The molecule has 0 spiro atoms. The van der Waals surface area contributed by atoms with Gasteiger partial charge in [-0.05, 0) is 43.2 Å². The number of unbranched alkanes of at least 4 members (excludes halogenated alkanes) is 2. The maximum atomic E-state index is 10.4. The van der Waals surface area contributed by atoms with Crippen molar-refractivity contribution in [3.8, 4) is 0 Å². The third kappa shape index (κ3) is 6.10. The van der Waals surface area contributed by atoms with E-state index in [0.29, 0.717) is 0 Å². The first kappa shape index (κ1) is 13.8. The van der Waals surface area contributed by atoms with Crippen LogP contribution in [0.3, 0.4) is 0 Å². The summed E-state index contributed by atoms with van der Waals surface area (Å²) in [5.41, 5.74) is 2.74. The molecule has 0 amide bonds.